The molecular weight excluding hydrogens is 380 g/mol. The van der Waals surface area contributed by atoms with E-state index >= 15 is 0 Å². The second-order valence-corrected chi connectivity index (χ2v) is 8.75. The zero-order valence-corrected chi connectivity index (χ0v) is 16.1. The molecule has 1 fully saturated rings. The standard InChI is InChI=1S/C15H18N4O3S3/c1-23-11-5-6-12(15(20)19-7-3-2-4-8-19)13(9-11)25(21,22)17-14-10-24-18-16-14/h5-6,9-10,17H,2-4,7-8H2,1H3. The highest BCUT2D eigenvalue weighted by atomic mass is 32.2. The van der Waals surface area contributed by atoms with Crippen LogP contribution >= 0.6 is 23.3 Å². The summed E-state index contributed by atoms with van der Waals surface area (Å²) in [5.41, 5.74) is 0.190. The summed E-state index contributed by atoms with van der Waals surface area (Å²) in [5.74, 6) is -0.0972. The van der Waals surface area contributed by atoms with Gasteiger partial charge in [0.1, 0.15) is 4.90 Å². The van der Waals surface area contributed by atoms with E-state index in [0.717, 1.165) is 35.7 Å². The second kappa shape index (κ2) is 7.71. The van der Waals surface area contributed by atoms with Gasteiger partial charge in [-0.25, -0.2) is 8.42 Å². The van der Waals surface area contributed by atoms with Crippen molar-refractivity contribution in [2.45, 2.75) is 29.1 Å². The van der Waals surface area contributed by atoms with Gasteiger partial charge in [-0.3, -0.25) is 9.52 Å². The monoisotopic (exact) mass is 398 g/mol. The molecular formula is C15H18N4O3S3. The first-order valence-electron chi connectivity index (χ1n) is 7.78. The van der Waals surface area contributed by atoms with E-state index < -0.39 is 10.0 Å². The summed E-state index contributed by atoms with van der Waals surface area (Å²) in [7, 11) is -3.94. The van der Waals surface area contributed by atoms with Crippen LogP contribution < -0.4 is 4.72 Å². The maximum absolute atomic E-state index is 12.9. The molecule has 134 valence electrons. The number of piperidine rings is 1. The van der Waals surface area contributed by atoms with E-state index in [1.807, 2.05) is 6.26 Å². The van der Waals surface area contributed by atoms with Crippen LogP contribution in [0.15, 0.2) is 33.4 Å². The molecule has 1 N–H and O–H groups in total. The molecule has 1 aromatic carbocycles. The fourth-order valence-electron chi connectivity index (χ4n) is 2.70. The molecule has 1 aliphatic rings. The van der Waals surface area contributed by atoms with Gasteiger partial charge in [0.2, 0.25) is 0 Å². The maximum Gasteiger partial charge on any atom is 0.263 e. The molecule has 0 radical (unpaired) electrons. The van der Waals surface area contributed by atoms with Crippen LogP contribution in [0.4, 0.5) is 5.82 Å². The minimum Gasteiger partial charge on any atom is -0.339 e. The number of amides is 1. The number of hydrogen-bond acceptors (Lipinski definition) is 7. The first-order valence-corrected chi connectivity index (χ1v) is 11.3. The number of benzene rings is 1. The minimum absolute atomic E-state index is 0.0251. The smallest absolute Gasteiger partial charge is 0.263 e. The van der Waals surface area contributed by atoms with E-state index in [0.29, 0.717) is 13.1 Å². The number of nitrogens with zero attached hydrogens (tertiary/aromatic N) is 3. The molecule has 3 rings (SSSR count). The lowest BCUT2D eigenvalue weighted by Gasteiger charge is -2.27. The number of nitrogens with one attached hydrogen (secondary N) is 1. The molecule has 0 bridgehead atoms. The number of carbonyl (C=O) groups excluding carboxylic acids is 1. The third-order valence-electron chi connectivity index (χ3n) is 3.95. The molecule has 0 aliphatic carbocycles. The topological polar surface area (TPSA) is 92.3 Å². The van der Waals surface area contributed by atoms with Gasteiger partial charge in [-0.15, -0.1) is 16.9 Å². The van der Waals surface area contributed by atoms with Crippen LogP contribution in [0.5, 0.6) is 0 Å². The Kier molecular flexibility index (Phi) is 5.60. The van der Waals surface area contributed by atoms with Gasteiger partial charge in [-0.2, -0.15) is 0 Å². The number of anilines is 1. The van der Waals surface area contributed by atoms with Crippen molar-refractivity contribution in [1.29, 1.82) is 0 Å². The molecule has 0 unspecified atom stereocenters. The first-order chi connectivity index (χ1) is 12.0. The molecule has 7 nitrogen and oxygen atoms in total. The average molecular weight is 399 g/mol. The highest BCUT2D eigenvalue weighted by Crippen LogP contribution is 2.27. The Balaban J connectivity index is 1.99. The number of carbonyl (C=O) groups is 1. The van der Waals surface area contributed by atoms with E-state index in [1.54, 1.807) is 17.0 Å². The molecule has 2 heterocycles. The summed E-state index contributed by atoms with van der Waals surface area (Å²) < 4.78 is 31.7. The molecule has 0 spiro atoms. The lowest BCUT2D eigenvalue weighted by molar-refractivity contribution is 0.0720. The summed E-state index contributed by atoms with van der Waals surface area (Å²) in [6.07, 6.45) is 4.84. The molecule has 1 saturated heterocycles. The Labute approximate surface area is 155 Å². The van der Waals surface area contributed by atoms with Crippen molar-refractivity contribution in [2.75, 3.05) is 24.1 Å². The van der Waals surface area contributed by atoms with Crippen molar-refractivity contribution >= 4 is 45.0 Å². The van der Waals surface area contributed by atoms with Crippen molar-refractivity contribution < 1.29 is 13.2 Å². The summed E-state index contributed by atoms with van der Waals surface area (Å²) in [4.78, 5) is 15.3. The number of hydrogen-bond donors (Lipinski definition) is 1. The van der Waals surface area contributed by atoms with Crippen LogP contribution in [0.2, 0.25) is 0 Å². The largest absolute Gasteiger partial charge is 0.339 e. The van der Waals surface area contributed by atoms with E-state index in [9.17, 15) is 13.2 Å². The third-order valence-corrected chi connectivity index (χ3v) is 6.58. The highest BCUT2D eigenvalue weighted by Gasteiger charge is 2.27. The van der Waals surface area contributed by atoms with Crippen molar-refractivity contribution in [1.82, 2.24) is 14.5 Å². The van der Waals surface area contributed by atoms with Crippen LogP contribution in [0.1, 0.15) is 29.6 Å². The summed E-state index contributed by atoms with van der Waals surface area (Å²) in [6, 6.07) is 4.89. The molecule has 0 saturated carbocycles. The fraction of sp³-hybridized carbons (Fsp3) is 0.400. The molecule has 1 amide bonds. The molecule has 25 heavy (non-hydrogen) atoms. The van der Waals surface area contributed by atoms with Gasteiger partial charge >= 0.3 is 0 Å². The number of likely N-dealkylation sites (tertiary alicyclic amines) is 1. The lowest BCUT2D eigenvalue weighted by atomic mass is 10.1. The van der Waals surface area contributed by atoms with Crippen LogP contribution in [-0.4, -0.2) is 48.2 Å². The average Bonchev–Trinajstić information content (AvgIpc) is 3.13. The number of thioether (sulfide) groups is 1. The Morgan fingerprint density at radius 2 is 2.04 bits per heavy atom. The number of aromatic nitrogens is 2. The SMILES string of the molecule is CSc1ccc(C(=O)N2CCCCC2)c(S(=O)(=O)Nc2csnn2)c1. The van der Waals surface area contributed by atoms with E-state index in [-0.39, 0.29) is 22.2 Å². The molecule has 1 aromatic heterocycles. The van der Waals surface area contributed by atoms with Crippen molar-refractivity contribution in [3.05, 3.63) is 29.1 Å². The highest BCUT2D eigenvalue weighted by molar-refractivity contribution is 7.98. The number of rotatable bonds is 5. The fourth-order valence-corrected chi connectivity index (χ4v) is 4.89. The van der Waals surface area contributed by atoms with Crippen molar-refractivity contribution in [3.63, 3.8) is 0 Å². The van der Waals surface area contributed by atoms with Crippen LogP contribution in [0.25, 0.3) is 0 Å². The van der Waals surface area contributed by atoms with E-state index in [2.05, 4.69) is 14.3 Å². The van der Waals surface area contributed by atoms with Crippen molar-refractivity contribution in [2.24, 2.45) is 0 Å². The van der Waals surface area contributed by atoms with E-state index in [4.69, 9.17) is 0 Å². The molecule has 2 aromatic rings. The van der Waals surface area contributed by atoms with Crippen LogP contribution in [0.3, 0.4) is 0 Å². The lowest BCUT2D eigenvalue weighted by Crippen LogP contribution is -2.36. The predicted molar refractivity (Wildman–Crippen MR) is 98.7 cm³/mol. The molecule has 1 aliphatic heterocycles. The van der Waals surface area contributed by atoms with Crippen LogP contribution in [-0.2, 0) is 10.0 Å². The van der Waals surface area contributed by atoms with Gasteiger partial charge in [0.05, 0.1) is 10.9 Å². The number of sulfonamides is 1. The van der Waals surface area contributed by atoms with Gasteiger partial charge < -0.3 is 4.90 Å². The Morgan fingerprint density at radius 1 is 1.28 bits per heavy atom. The quantitative estimate of drug-likeness (QED) is 0.779. The van der Waals surface area contributed by atoms with Gasteiger partial charge in [0.15, 0.2) is 5.82 Å². The maximum atomic E-state index is 12.9. The Bertz CT molecular complexity index is 847. The zero-order chi connectivity index (χ0) is 17.9. The van der Waals surface area contributed by atoms with Crippen LogP contribution in [0, 0.1) is 0 Å². The van der Waals surface area contributed by atoms with Crippen molar-refractivity contribution in [3.8, 4) is 0 Å². The summed E-state index contributed by atoms with van der Waals surface area (Å²) >= 11 is 2.47. The molecule has 10 heteroatoms. The third kappa shape index (κ3) is 4.13. The Morgan fingerprint density at radius 3 is 2.68 bits per heavy atom. The Hall–Kier alpha value is -1.65. The first kappa shape index (κ1) is 18.2. The van der Waals surface area contributed by atoms with Gasteiger partial charge in [-0.1, -0.05) is 4.49 Å². The van der Waals surface area contributed by atoms with E-state index in [1.165, 1.54) is 23.2 Å². The summed E-state index contributed by atoms with van der Waals surface area (Å²) in [5, 5.41) is 5.21. The minimum atomic E-state index is -3.94. The normalized spacial score (nSPS) is 15.2. The predicted octanol–water partition coefficient (Wildman–Crippen LogP) is 2.69. The summed E-state index contributed by atoms with van der Waals surface area (Å²) in [6.45, 7) is 1.32. The zero-order valence-electron chi connectivity index (χ0n) is 13.6. The second-order valence-electron chi connectivity index (χ2n) is 5.61. The van der Waals surface area contributed by atoms with Gasteiger partial charge in [0, 0.05) is 18.0 Å². The van der Waals surface area contributed by atoms with Gasteiger partial charge in [0.25, 0.3) is 15.9 Å². The molecule has 0 atom stereocenters. The van der Waals surface area contributed by atoms with Gasteiger partial charge in [-0.05, 0) is 55.2 Å².